The second-order valence-electron chi connectivity index (χ2n) is 13.9. The minimum atomic E-state index is -2.40. The van der Waals surface area contributed by atoms with Gasteiger partial charge in [0.1, 0.15) is 23.9 Å². The summed E-state index contributed by atoms with van der Waals surface area (Å²) in [5.41, 5.74) is 5.64. The van der Waals surface area contributed by atoms with Crippen LogP contribution < -0.4 is 35.3 Å². The molecule has 20 nitrogen and oxygen atoms in total. The highest BCUT2D eigenvalue weighted by molar-refractivity contribution is 5.96. The predicted molar refractivity (Wildman–Crippen MR) is 209 cm³/mol. The Morgan fingerprint density at radius 1 is 0.915 bits per heavy atom. The number of aliphatic hydroxyl groups is 5. The van der Waals surface area contributed by atoms with Crippen LogP contribution in [0.2, 0.25) is 0 Å². The molecule has 0 aromatic heterocycles. The zero-order valence-corrected chi connectivity index (χ0v) is 33.0. The summed E-state index contributed by atoms with van der Waals surface area (Å²) in [6, 6.07) is 11.9. The maximum absolute atomic E-state index is 13.4. The minimum Gasteiger partial charge on any atom is -0.504 e. The van der Waals surface area contributed by atoms with E-state index < -0.39 is 83.9 Å². The third kappa shape index (κ3) is 11.7. The van der Waals surface area contributed by atoms with Gasteiger partial charge in [-0.1, -0.05) is 44.2 Å². The van der Waals surface area contributed by atoms with Crippen molar-refractivity contribution in [1.82, 2.24) is 5.32 Å². The van der Waals surface area contributed by atoms with Crippen molar-refractivity contribution in [3.8, 4) is 34.5 Å². The van der Waals surface area contributed by atoms with Crippen LogP contribution in [0.25, 0.3) is 0 Å². The van der Waals surface area contributed by atoms with Crippen molar-refractivity contribution in [3.05, 3.63) is 65.2 Å². The Morgan fingerprint density at radius 2 is 1.59 bits per heavy atom. The number of guanidine groups is 1. The first-order valence-corrected chi connectivity index (χ1v) is 18.5. The molecule has 1 aliphatic rings. The average molecular weight is 833 g/mol. The number of phenolic OH excluding ortho intramolecular Hbond substituents is 2. The Balaban J connectivity index is 1.60. The number of aromatic carboxylic acids is 1. The minimum absolute atomic E-state index is 0.00477. The molecule has 3 aromatic rings. The molecule has 0 amide bonds. The fourth-order valence-electron chi connectivity index (χ4n) is 5.84. The number of aliphatic hydroxyl groups excluding tert-OH is 5. The summed E-state index contributed by atoms with van der Waals surface area (Å²) in [7, 11) is 2.59. The molecule has 12 N–H and O–H groups in total. The molecule has 59 heavy (non-hydrogen) atoms. The van der Waals surface area contributed by atoms with Gasteiger partial charge in [0.15, 0.2) is 41.8 Å². The number of hydrogen-bond acceptors (Lipinski definition) is 17. The maximum atomic E-state index is 13.4. The normalized spacial score (nSPS) is 20.9. The lowest BCUT2D eigenvalue weighted by Crippen LogP contribution is -2.62. The number of esters is 1. The summed E-state index contributed by atoms with van der Waals surface area (Å²) in [4.78, 5) is 29.5. The lowest BCUT2D eigenvalue weighted by atomic mass is 9.98. The van der Waals surface area contributed by atoms with Crippen molar-refractivity contribution in [3.63, 3.8) is 0 Å². The van der Waals surface area contributed by atoms with Gasteiger partial charge in [-0.3, -0.25) is 4.99 Å². The van der Waals surface area contributed by atoms with Crippen LogP contribution in [0.4, 0.5) is 5.69 Å². The largest absolute Gasteiger partial charge is 0.504 e. The molecular weight excluding hydrogens is 780 g/mol. The van der Waals surface area contributed by atoms with Crippen molar-refractivity contribution in [2.45, 2.75) is 82.8 Å². The number of carboxylic acids is 1. The van der Waals surface area contributed by atoms with Gasteiger partial charge in [0.25, 0.3) is 0 Å². The molecule has 0 bridgehead atoms. The van der Waals surface area contributed by atoms with Gasteiger partial charge in [0.2, 0.25) is 24.1 Å². The summed E-state index contributed by atoms with van der Waals surface area (Å²) in [6.45, 7) is 4.96. The Hall–Kier alpha value is -5.77. The monoisotopic (exact) mass is 832 g/mol. The number of carbonyl (C=O) groups excluding carboxylic acids is 1. The van der Waals surface area contributed by atoms with E-state index in [4.69, 9.17) is 34.2 Å². The van der Waals surface area contributed by atoms with Crippen molar-refractivity contribution in [2.24, 2.45) is 16.6 Å². The van der Waals surface area contributed by atoms with Crippen molar-refractivity contribution in [2.75, 3.05) is 32.8 Å². The second-order valence-corrected chi connectivity index (χ2v) is 13.9. The number of carbonyl (C=O) groups is 2. The zero-order valence-electron chi connectivity index (χ0n) is 33.0. The highest BCUT2D eigenvalue weighted by Crippen LogP contribution is 2.46. The number of nitrogens with one attached hydrogen (secondary N) is 2. The summed E-state index contributed by atoms with van der Waals surface area (Å²) >= 11 is 0. The van der Waals surface area contributed by atoms with Gasteiger partial charge in [-0.15, -0.1) is 0 Å². The fourth-order valence-corrected chi connectivity index (χ4v) is 5.84. The predicted octanol–water partition coefficient (Wildman–Crippen LogP) is 0.866. The highest BCUT2D eigenvalue weighted by Gasteiger charge is 2.49. The van der Waals surface area contributed by atoms with E-state index in [1.165, 1.54) is 20.2 Å². The quantitative estimate of drug-likeness (QED) is 0.0345. The number of aromatic hydroxyl groups is 2. The molecule has 324 valence electrons. The Morgan fingerprint density at radius 3 is 2.22 bits per heavy atom. The third-order valence-corrected chi connectivity index (χ3v) is 9.28. The summed E-state index contributed by atoms with van der Waals surface area (Å²) < 4.78 is 33.1. The summed E-state index contributed by atoms with van der Waals surface area (Å²) in [5, 5.41) is 91.4. The lowest BCUT2D eigenvalue weighted by molar-refractivity contribution is -0.309. The fraction of sp³-hybridized carbons (Fsp3) is 0.462. The van der Waals surface area contributed by atoms with Crippen LogP contribution in [0.15, 0.2) is 53.5 Å². The van der Waals surface area contributed by atoms with E-state index in [1.807, 2.05) is 44.2 Å². The van der Waals surface area contributed by atoms with Crippen molar-refractivity contribution < 1.29 is 78.9 Å². The number of rotatable bonds is 19. The standard InChI is InChI=1S/C39H52N4O16/c1-18(2)24(44)13-19(3)43-23-16-26(25(14-21(23)35(50)51)56-17-42-39(40)41-4)57-38-32(49)30(47)31(48)34(58-38)37(53)59-36(52)22-15-27(54-5)29(46)33(28(22)45)55-12-11-20-9-7-6-8-10-20/h6-10,14-16,18-19,24,30-32,34,37-38,43-49,53H,11-13,17H2,1-5H3,(H,50,51)(H3,40,41,42)/t19-,24+,30+,31+,32-,34+,37+,38+/m1/s1. The maximum Gasteiger partial charge on any atom is 0.344 e. The molecule has 8 atom stereocenters. The molecular formula is C39H52N4O16. The molecule has 0 radical (unpaired) electrons. The van der Waals surface area contributed by atoms with E-state index in [9.17, 15) is 50.4 Å². The van der Waals surface area contributed by atoms with Gasteiger partial charge in [-0.25, -0.2) is 9.59 Å². The molecule has 4 rings (SSSR count). The van der Waals surface area contributed by atoms with E-state index in [2.05, 4.69) is 15.6 Å². The van der Waals surface area contributed by atoms with Gasteiger partial charge in [-0.05, 0) is 24.8 Å². The number of carboxylic acid groups (broad SMARTS) is 1. The van der Waals surface area contributed by atoms with Crippen LogP contribution in [-0.2, 0) is 15.9 Å². The van der Waals surface area contributed by atoms with Gasteiger partial charge < -0.3 is 85.6 Å². The lowest BCUT2D eigenvalue weighted by Gasteiger charge is -2.41. The number of benzene rings is 3. The van der Waals surface area contributed by atoms with Crippen molar-refractivity contribution >= 4 is 23.6 Å². The van der Waals surface area contributed by atoms with Gasteiger partial charge in [0.05, 0.1) is 31.1 Å². The highest BCUT2D eigenvalue weighted by atomic mass is 16.7. The van der Waals surface area contributed by atoms with Crippen molar-refractivity contribution in [1.29, 1.82) is 0 Å². The average Bonchev–Trinajstić information content (AvgIpc) is 3.19. The summed E-state index contributed by atoms with van der Waals surface area (Å²) in [6.07, 6.45) is -12.7. The van der Waals surface area contributed by atoms with E-state index in [-0.39, 0.29) is 60.1 Å². The molecule has 3 aromatic carbocycles. The number of ether oxygens (including phenoxy) is 6. The Bertz CT molecular complexity index is 1920. The molecule has 1 saturated heterocycles. The molecule has 0 saturated carbocycles. The third-order valence-electron chi connectivity index (χ3n) is 9.28. The SMILES string of the molecule is CN=C(N)NCOc1cc(C(=O)O)c(N[C@H](C)C[C@H](O)C(C)C)cc1O[C@H]1O[C@H]([C@@H](O)OC(=O)c2cc(OC)c(O)c(OCCc3ccccc3)c2O)[C@@H](O)[C@H](O)[C@H]1O. The van der Waals surface area contributed by atoms with E-state index in [0.717, 1.165) is 17.7 Å². The van der Waals surface area contributed by atoms with Crippen LogP contribution >= 0.6 is 0 Å². The van der Waals surface area contributed by atoms with E-state index in [1.54, 1.807) is 6.92 Å². The van der Waals surface area contributed by atoms with Crippen LogP contribution in [0.1, 0.15) is 53.5 Å². The number of methoxy groups -OCH3 is 1. The van der Waals surface area contributed by atoms with E-state index in [0.29, 0.717) is 6.42 Å². The summed E-state index contributed by atoms with van der Waals surface area (Å²) in [5.74, 6) is -5.73. The molecule has 1 fully saturated rings. The molecule has 1 aliphatic heterocycles. The van der Waals surface area contributed by atoms with Gasteiger partial charge in [0, 0.05) is 37.7 Å². The van der Waals surface area contributed by atoms with Crippen LogP contribution in [0.3, 0.4) is 0 Å². The zero-order chi connectivity index (χ0) is 43.6. The second kappa shape index (κ2) is 20.8. The first-order chi connectivity index (χ1) is 28.0. The Labute approximate surface area is 339 Å². The van der Waals surface area contributed by atoms with Gasteiger partial charge >= 0.3 is 11.9 Å². The first kappa shape index (κ1) is 45.9. The molecule has 0 unspecified atom stereocenters. The number of nitrogens with zero attached hydrogens (tertiary/aromatic N) is 1. The van der Waals surface area contributed by atoms with E-state index >= 15 is 0 Å². The molecule has 20 heteroatoms. The Kier molecular flexibility index (Phi) is 16.2. The van der Waals surface area contributed by atoms with Gasteiger partial charge in [-0.2, -0.15) is 0 Å². The number of phenols is 2. The van der Waals surface area contributed by atoms with Crippen LogP contribution in [-0.4, -0.2) is 135 Å². The molecule has 0 aliphatic carbocycles. The van der Waals surface area contributed by atoms with Crippen LogP contribution in [0, 0.1) is 5.92 Å². The number of aliphatic imine (C=N–C) groups is 1. The topological polar surface area (TPSA) is 314 Å². The molecule has 1 heterocycles. The smallest absolute Gasteiger partial charge is 0.344 e. The number of nitrogens with two attached hydrogens (primary N) is 1. The number of hydrogen-bond donors (Lipinski definition) is 11. The molecule has 0 spiro atoms. The van der Waals surface area contributed by atoms with Crippen LogP contribution in [0.5, 0.6) is 34.5 Å². The first-order valence-electron chi connectivity index (χ1n) is 18.5. The number of anilines is 1.